The van der Waals surface area contributed by atoms with Crippen molar-refractivity contribution in [3.63, 3.8) is 0 Å². The average molecular weight is 491 g/mol. The SMILES string of the molecule is COCC(COC)N1Cc2c(n(CC(=O)Nc3ccc(F)cn3)c3cc(SC)nn3c2=O)C1=O. The second kappa shape index (κ2) is 9.91. The minimum absolute atomic E-state index is 0.0376. The number of hydrogen-bond acceptors (Lipinski definition) is 8. The van der Waals surface area contributed by atoms with Crippen molar-refractivity contribution < 1.29 is 23.5 Å². The van der Waals surface area contributed by atoms with E-state index in [1.54, 1.807) is 6.07 Å². The second-order valence-electron chi connectivity index (χ2n) is 7.58. The maximum Gasteiger partial charge on any atom is 0.280 e. The molecule has 0 spiro atoms. The number of amides is 2. The number of ether oxygens (including phenoxy) is 2. The summed E-state index contributed by atoms with van der Waals surface area (Å²) < 4.78 is 26.3. The van der Waals surface area contributed by atoms with Crippen molar-refractivity contribution in [2.24, 2.45) is 0 Å². The predicted molar refractivity (Wildman–Crippen MR) is 121 cm³/mol. The van der Waals surface area contributed by atoms with Crippen molar-refractivity contribution in [1.29, 1.82) is 0 Å². The highest BCUT2D eigenvalue weighted by atomic mass is 32.2. The molecule has 1 aliphatic rings. The lowest BCUT2D eigenvalue weighted by molar-refractivity contribution is -0.116. The van der Waals surface area contributed by atoms with Gasteiger partial charge < -0.3 is 24.3 Å². The van der Waals surface area contributed by atoms with Crippen molar-refractivity contribution in [3.8, 4) is 0 Å². The third-order valence-electron chi connectivity index (χ3n) is 5.41. The quantitative estimate of drug-likeness (QED) is 0.442. The molecule has 0 aromatic carbocycles. The number of rotatable bonds is 9. The van der Waals surface area contributed by atoms with E-state index in [1.165, 1.54) is 52.1 Å². The van der Waals surface area contributed by atoms with Crippen molar-refractivity contribution in [3.05, 3.63) is 51.8 Å². The van der Waals surface area contributed by atoms with Gasteiger partial charge in [-0.2, -0.15) is 9.61 Å². The summed E-state index contributed by atoms with van der Waals surface area (Å²) in [5.41, 5.74) is 0.231. The van der Waals surface area contributed by atoms with Gasteiger partial charge in [-0.05, 0) is 18.4 Å². The lowest BCUT2D eigenvalue weighted by Crippen LogP contribution is -2.42. The van der Waals surface area contributed by atoms with Gasteiger partial charge in [-0.1, -0.05) is 0 Å². The highest BCUT2D eigenvalue weighted by molar-refractivity contribution is 7.98. The molecule has 13 heteroatoms. The van der Waals surface area contributed by atoms with Gasteiger partial charge >= 0.3 is 0 Å². The van der Waals surface area contributed by atoms with E-state index in [-0.39, 0.29) is 43.4 Å². The number of thioether (sulfide) groups is 1. The topological polar surface area (TPSA) is 120 Å². The van der Waals surface area contributed by atoms with Crippen LogP contribution in [0.3, 0.4) is 0 Å². The second-order valence-corrected chi connectivity index (χ2v) is 8.41. The minimum Gasteiger partial charge on any atom is -0.382 e. The molecular formula is C21H23FN6O5S. The number of aromatic nitrogens is 4. The molecular weight excluding hydrogens is 467 g/mol. The zero-order valence-electron chi connectivity index (χ0n) is 18.8. The lowest BCUT2D eigenvalue weighted by atomic mass is 10.2. The maximum atomic E-state index is 13.5. The Hall–Kier alpha value is -3.29. The molecule has 1 N–H and O–H groups in total. The number of anilines is 1. The molecule has 180 valence electrons. The minimum atomic E-state index is -0.533. The molecule has 0 fully saturated rings. The Morgan fingerprint density at radius 1 is 1.26 bits per heavy atom. The Labute approximate surface area is 197 Å². The highest BCUT2D eigenvalue weighted by Gasteiger charge is 2.38. The van der Waals surface area contributed by atoms with Gasteiger partial charge in [0.05, 0.1) is 37.6 Å². The van der Waals surface area contributed by atoms with E-state index in [2.05, 4.69) is 15.4 Å². The van der Waals surface area contributed by atoms with Gasteiger partial charge in [-0.3, -0.25) is 14.4 Å². The number of carbonyl (C=O) groups is 2. The zero-order chi connectivity index (χ0) is 24.4. The summed E-state index contributed by atoms with van der Waals surface area (Å²) in [5.74, 6) is -1.29. The first-order valence-electron chi connectivity index (χ1n) is 10.3. The fourth-order valence-corrected chi connectivity index (χ4v) is 4.29. The Balaban J connectivity index is 1.77. The first kappa shape index (κ1) is 23.9. The Bertz CT molecular complexity index is 1290. The smallest absolute Gasteiger partial charge is 0.280 e. The van der Waals surface area contributed by atoms with Crippen LogP contribution in [-0.4, -0.2) is 75.6 Å². The molecule has 0 atom stereocenters. The number of carbonyl (C=O) groups excluding carboxylic acids is 2. The summed E-state index contributed by atoms with van der Waals surface area (Å²) in [7, 11) is 3.03. The van der Waals surface area contributed by atoms with Crippen molar-refractivity contribution in [1.82, 2.24) is 24.1 Å². The normalized spacial score (nSPS) is 13.2. The van der Waals surface area contributed by atoms with Gasteiger partial charge in [0.15, 0.2) is 0 Å². The average Bonchev–Trinajstić information content (AvgIpc) is 3.40. The third kappa shape index (κ3) is 4.41. The van der Waals surface area contributed by atoms with Crippen molar-refractivity contribution in [2.75, 3.05) is 39.0 Å². The van der Waals surface area contributed by atoms with E-state index in [1.807, 2.05) is 6.26 Å². The van der Waals surface area contributed by atoms with E-state index in [0.717, 1.165) is 6.20 Å². The fraction of sp³-hybridized carbons (Fsp3) is 0.381. The van der Waals surface area contributed by atoms with Gasteiger partial charge in [0.25, 0.3) is 11.5 Å². The van der Waals surface area contributed by atoms with Crippen molar-refractivity contribution >= 4 is 35.0 Å². The molecule has 3 aromatic rings. The van der Waals surface area contributed by atoms with Gasteiger partial charge in [0.2, 0.25) is 5.91 Å². The fourth-order valence-electron chi connectivity index (χ4n) is 3.91. The van der Waals surface area contributed by atoms with E-state index >= 15 is 0 Å². The Kier molecular flexibility index (Phi) is 6.95. The molecule has 1 aliphatic heterocycles. The van der Waals surface area contributed by atoms with E-state index in [4.69, 9.17) is 9.47 Å². The monoisotopic (exact) mass is 490 g/mol. The number of fused-ring (bicyclic) bond motifs is 2. The molecule has 4 rings (SSSR count). The van der Waals surface area contributed by atoms with Crippen LogP contribution in [0.5, 0.6) is 0 Å². The molecule has 0 bridgehead atoms. The molecule has 0 radical (unpaired) electrons. The Morgan fingerprint density at radius 3 is 2.62 bits per heavy atom. The summed E-state index contributed by atoms with van der Waals surface area (Å²) in [6, 6.07) is 3.73. The van der Waals surface area contributed by atoms with Crippen LogP contribution < -0.4 is 10.9 Å². The predicted octanol–water partition coefficient (Wildman–Crippen LogP) is 1.01. The van der Waals surface area contributed by atoms with Crippen LogP contribution in [0, 0.1) is 5.82 Å². The molecule has 3 aromatic heterocycles. The first-order valence-corrected chi connectivity index (χ1v) is 11.5. The summed E-state index contributed by atoms with van der Waals surface area (Å²) in [4.78, 5) is 44.9. The summed E-state index contributed by atoms with van der Waals surface area (Å²) in [5, 5.41) is 7.47. The molecule has 34 heavy (non-hydrogen) atoms. The molecule has 4 heterocycles. The van der Waals surface area contributed by atoms with Crippen LogP contribution >= 0.6 is 11.8 Å². The number of methoxy groups -OCH3 is 2. The van der Waals surface area contributed by atoms with Crippen LogP contribution in [0.25, 0.3) is 5.65 Å². The first-order chi connectivity index (χ1) is 16.4. The zero-order valence-corrected chi connectivity index (χ0v) is 19.6. The largest absolute Gasteiger partial charge is 0.382 e. The molecule has 11 nitrogen and oxygen atoms in total. The van der Waals surface area contributed by atoms with Gasteiger partial charge in [0.1, 0.15) is 34.5 Å². The van der Waals surface area contributed by atoms with Crippen LogP contribution in [-0.2, 0) is 27.4 Å². The summed E-state index contributed by atoms with van der Waals surface area (Å²) in [6.07, 6.45) is 2.80. The number of pyridine rings is 1. The standard InChI is InChI=1S/C21H23FN6O5S/c1-32-10-13(11-33-2)26-8-14-19(21(26)31)27(18-6-17(34-3)25-28(18)20(14)30)9-16(29)24-15-5-4-12(22)7-23-15/h4-7,13H,8-11H2,1-3H3,(H,23,24,29). The summed E-state index contributed by atoms with van der Waals surface area (Å²) in [6.45, 7) is 0.178. The number of hydrogen-bond donors (Lipinski definition) is 1. The van der Waals surface area contributed by atoms with E-state index in [9.17, 15) is 18.8 Å². The van der Waals surface area contributed by atoms with Crippen molar-refractivity contribution in [2.45, 2.75) is 24.2 Å². The van der Waals surface area contributed by atoms with Crippen LogP contribution in [0.4, 0.5) is 10.2 Å². The summed E-state index contributed by atoms with van der Waals surface area (Å²) >= 11 is 1.33. The van der Waals surface area contributed by atoms with E-state index < -0.39 is 29.2 Å². The third-order valence-corrected chi connectivity index (χ3v) is 6.03. The lowest BCUT2D eigenvalue weighted by Gasteiger charge is -2.26. The molecule has 2 amide bonds. The molecule has 0 saturated heterocycles. The Morgan fingerprint density at radius 2 is 2.00 bits per heavy atom. The van der Waals surface area contributed by atoms with Gasteiger partial charge in [-0.15, -0.1) is 11.8 Å². The van der Waals surface area contributed by atoms with Crippen LogP contribution in [0.2, 0.25) is 0 Å². The van der Waals surface area contributed by atoms with E-state index in [0.29, 0.717) is 10.7 Å². The van der Waals surface area contributed by atoms with Crippen LogP contribution in [0.15, 0.2) is 34.2 Å². The molecule has 0 aliphatic carbocycles. The number of halogens is 1. The maximum absolute atomic E-state index is 13.5. The van der Waals surface area contributed by atoms with Crippen LogP contribution in [0.1, 0.15) is 16.1 Å². The molecule has 0 saturated carbocycles. The van der Waals surface area contributed by atoms with Gasteiger partial charge in [-0.25, -0.2) is 9.37 Å². The highest BCUT2D eigenvalue weighted by Crippen LogP contribution is 2.26. The van der Waals surface area contributed by atoms with Gasteiger partial charge in [0, 0.05) is 20.3 Å². The number of nitrogens with one attached hydrogen (secondary N) is 1. The molecule has 0 unspecified atom stereocenters. The number of nitrogens with zero attached hydrogens (tertiary/aromatic N) is 5.